The minimum atomic E-state index is -0.637. The first-order valence-electron chi connectivity index (χ1n) is 15.1. The monoisotopic (exact) mass is 668 g/mol. The molecule has 0 bridgehead atoms. The molecular weight excluding hydrogens is 632 g/mol. The molecule has 1 aromatic carbocycles. The highest BCUT2D eigenvalue weighted by Gasteiger charge is 2.40. The number of halogens is 2. The summed E-state index contributed by atoms with van der Waals surface area (Å²) in [5, 5.41) is 10.4. The summed E-state index contributed by atoms with van der Waals surface area (Å²) in [5.74, 6) is -0.135. The van der Waals surface area contributed by atoms with Gasteiger partial charge in [0.25, 0.3) is 0 Å². The van der Waals surface area contributed by atoms with Gasteiger partial charge in [0.15, 0.2) is 0 Å². The van der Waals surface area contributed by atoms with Crippen molar-refractivity contribution >= 4 is 39.5 Å². The quantitative estimate of drug-likeness (QED) is 0.333. The molecular formula is C31H38BrClN8O2. The SMILES string of the molecule is O=C(NCCCn1ccnc1)C1CN(C2c3ccc(Cl)cc3CCc3cc(Br)cnc32)CCN1C(=O)NC1CCNCC1. The molecule has 12 heteroatoms. The zero-order valence-electron chi connectivity index (χ0n) is 24.1. The Hall–Kier alpha value is -2.99. The van der Waals surface area contributed by atoms with Gasteiger partial charge in [-0.25, -0.2) is 9.78 Å². The Morgan fingerprint density at radius 1 is 1.12 bits per heavy atom. The summed E-state index contributed by atoms with van der Waals surface area (Å²) in [5.41, 5.74) is 4.53. The number of hydrogen-bond donors (Lipinski definition) is 3. The molecule has 4 heterocycles. The maximum Gasteiger partial charge on any atom is 0.318 e. The van der Waals surface area contributed by atoms with Crippen molar-refractivity contribution in [3.05, 3.63) is 81.1 Å². The number of aryl methyl sites for hydroxylation is 3. The van der Waals surface area contributed by atoms with Crippen LogP contribution < -0.4 is 16.0 Å². The first-order chi connectivity index (χ1) is 21.0. The van der Waals surface area contributed by atoms with Crippen molar-refractivity contribution in [1.29, 1.82) is 0 Å². The Bertz CT molecular complexity index is 1380. The summed E-state index contributed by atoms with van der Waals surface area (Å²) in [6.45, 7) is 4.50. The maximum absolute atomic E-state index is 13.8. The Labute approximate surface area is 265 Å². The van der Waals surface area contributed by atoms with Crippen LogP contribution in [-0.2, 0) is 24.2 Å². The van der Waals surface area contributed by atoms with Crippen LogP contribution >= 0.6 is 27.5 Å². The number of fused-ring (bicyclic) bond motifs is 2. The van der Waals surface area contributed by atoms with Crippen molar-refractivity contribution in [3.63, 3.8) is 0 Å². The van der Waals surface area contributed by atoms with E-state index in [-0.39, 0.29) is 24.0 Å². The largest absolute Gasteiger partial charge is 0.354 e. The van der Waals surface area contributed by atoms with Gasteiger partial charge in [0, 0.05) is 66.9 Å². The van der Waals surface area contributed by atoms with Gasteiger partial charge in [-0.1, -0.05) is 17.7 Å². The summed E-state index contributed by atoms with van der Waals surface area (Å²) in [6, 6.07) is 7.39. The molecule has 43 heavy (non-hydrogen) atoms. The number of benzene rings is 1. The molecule has 1 aliphatic carbocycles. The van der Waals surface area contributed by atoms with Crippen molar-refractivity contribution in [2.75, 3.05) is 39.3 Å². The van der Waals surface area contributed by atoms with E-state index >= 15 is 0 Å². The second-order valence-electron chi connectivity index (χ2n) is 11.6. The first kappa shape index (κ1) is 30.1. The standard InChI is InChI=1S/C31H38BrClN8O2/c32-23-16-22-3-2-21-17-24(33)4-5-26(21)29(28(22)37-18-23)40-14-15-41(31(43)38-25-6-9-34-10-7-25)27(19-40)30(42)36-8-1-12-39-13-11-35-20-39/h4-5,11,13,16-18,20,25,27,29,34H,1-3,6-10,12,14-15,19H2,(H,36,42)(H,38,43). The number of amides is 3. The normalized spacial score (nSPS) is 21.0. The lowest BCUT2D eigenvalue weighted by Crippen LogP contribution is -2.63. The molecule has 2 aromatic heterocycles. The van der Waals surface area contributed by atoms with Crippen LogP contribution in [0.3, 0.4) is 0 Å². The zero-order valence-corrected chi connectivity index (χ0v) is 26.5. The van der Waals surface area contributed by atoms with E-state index in [0.717, 1.165) is 67.5 Å². The van der Waals surface area contributed by atoms with Crippen LogP contribution in [0.5, 0.6) is 0 Å². The molecule has 2 atom stereocenters. The molecule has 3 aromatic rings. The van der Waals surface area contributed by atoms with E-state index in [1.165, 1.54) is 11.1 Å². The molecule has 2 aliphatic heterocycles. The minimum Gasteiger partial charge on any atom is -0.354 e. The number of nitrogens with zero attached hydrogens (tertiary/aromatic N) is 5. The van der Waals surface area contributed by atoms with E-state index in [4.69, 9.17) is 16.6 Å². The van der Waals surface area contributed by atoms with Crippen molar-refractivity contribution in [2.24, 2.45) is 0 Å². The number of hydrogen-bond acceptors (Lipinski definition) is 6. The predicted molar refractivity (Wildman–Crippen MR) is 169 cm³/mol. The van der Waals surface area contributed by atoms with Gasteiger partial charge in [0.2, 0.25) is 5.91 Å². The van der Waals surface area contributed by atoms with E-state index in [1.54, 1.807) is 17.4 Å². The van der Waals surface area contributed by atoms with Crippen LogP contribution in [0.25, 0.3) is 0 Å². The first-order valence-corrected chi connectivity index (χ1v) is 16.3. The summed E-state index contributed by atoms with van der Waals surface area (Å²) in [4.78, 5) is 40.5. The minimum absolute atomic E-state index is 0.110. The summed E-state index contributed by atoms with van der Waals surface area (Å²) in [7, 11) is 0. The van der Waals surface area contributed by atoms with Gasteiger partial charge in [0.1, 0.15) is 6.04 Å². The lowest BCUT2D eigenvalue weighted by molar-refractivity contribution is -0.127. The van der Waals surface area contributed by atoms with Gasteiger partial charge in [-0.05, 0) is 96.0 Å². The van der Waals surface area contributed by atoms with E-state index in [1.807, 2.05) is 23.0 Å². The van der Waals surface area contributed by atoms with Crippen LogP contribution in [0.2, 0.25) is 5.02 Å². The highest BCUT2D eigenvalue weighted by Crippen LogP contribution is 2.38. The number of nitrogens with one attached hydrogen (secondary N) is 3. The van der Waals surface area contributed by atoms with Crippen molar-refractivity contribution < 1.29 is 9.59 Å². The third kappa shape index (κ3) is 7.06. The van der Waals surface area contributed by atoms with Gasteiger partial charge < -0.3 is 25.4 Å². The number of carbonyl (C=O) groups excluding carboxylic acids is 2. The number of aromatic nitrogens is 3. The Kier molecular flexibility index (Phi) is 9.61. The Morgan fingerprint density at radius 3 is 2.77 bits per heavy atom. The van der Waals surface area contributed by atoms with Gasteiger partial charge in [-0.2, -0.15) is 0 Å². The summed E-state index contributed by atoms with van der Waals surface area (Å²) in [6.07, 6.45) is 11.5. The van der Waals surface area contributed by atoms with E-state index < -0.39 is 6.04 Å². The van der Waals surface area contributed by atoms with Crippen LogP contribution in [0.1, 0.15) is 47.7 Å². The third-order valence-electron chi connectivity index (χ3n) is 8.75. The third-order valence-corrected chi connectivity index (χ3v) is 9.42. The average molecular weight is 670 g/mol. The lowest BCUT2D eigenvalue weighted by atomic mass is 9.95. The molecule has 6 rings (SSSR count). The topological polar surface area (TPSA) is 107 Å². The second-order valence-corrected chi connectivity index (χ2v) is 12.9. The maximum atomic E-state index is 13.8. The Balaban J connectivity index is 1.25. The van der Waals surface area contributed by atoms with E-state index in [9.17, 15) is 9.59 Å². The molecule has 3 amide bonds. The van der Waals surface area contributed by atoms with Crippen LogP contribution in [0, 0.1) is 0 Å². The summed E-state index contributed by atoms with van der Waals surface area (Å²) < 4.78 is 2.94. The van der Waals surface area contributed by atoms with Crippen LogP contribution in [-0.4, -0.2) is 87.6 Å². The number of piperidine rings is 1. The lowest BCUT2D eigenvalue weighted by Gasteiger charge is -2.44. The van der Waals surface area contributed by atoms with Gasteiger partial charge in [0.05, 0.1) is 18.1 Å². The number of imidazole rings is 1. The van der Waals surface area contributed by atoms with E-state index in [2.05, 4.69) is 60.0 Å². The number of rotatable bonds is 7. The molecule has 3 N–H and O–H groups in total. The molecule has 0 radical (unpaired) electrons. The molecule has 0 saturated carbocycles. The molecule has 3 aliphatic rings. The van der Waals surface area contributed by atoms with Crippen molar-refractivity contribution in [2.45, 2.75) is 56.8 Å². The van der Waals surface area contributed by atoms with E-state index in [0.29, 0.717) is 31.2 Å². The molecule has 0 spiro atoms. The van der Waals surface area contributed by atoms with Crippen LogP contribution in [0.4, 0.5) is 4.79 Å². The van der Waals surface area contributed by atoms with Crippen LogP contribution in [0.15, 0.2) is 53.7 Å². The highest BCUT2D eigenvalue weighted by atomic mass is 79.9. The average Bonchev–Trinajstić information content (AvgIpc) is 3.48. The number of pyridine rings is 1. The fraction of sp³-hybridized carbons (Fsp3) is 0.484. The number of urea groups is 1. The fourth-order valence-corrected chi connectivity index (χ4v) is 7.10. The van der Waals surface area contributed by atoms with Crippen molar-refractivity contribution in [1.82, 2.24) is 40.3 Å². The molecule has 10 nitrogen and oxygen atoms in total. The van der Waals surface area contributed by atoms with Gasteiger partial charge >= 0.3 is 6.03 Å². The van der Waals surface area contributed by atoms with Gasteiger partial charge in [-0.15, -0.1) is 0 Å². The fourth-order valence-electron chi connectivity index (χ4n) is 6.52. The molecule has 2 unspecified atom stereocenters. The predicted octanol–water partition coefficient (Wildman–Crippen LogP) is 3.54. The number of piperazine rings is 1. The van der Waals surface area contributed by atoms with Crippen molar-refractivity contribution in [3.8, 4) is 0 Å². The molecule has 228 valence electrons. The van der Waals surface area contributed by atoms with Gasteiger partial charge in [-0.3, -0.25) is 14.7 Å². The summed E-state index contributed by atoms with van der Waals surface area (Å²) >= 11 is 10.0. The highest BCUT2D eigenvalue weighted by molar-refractivity contribution is 9.10. The molecule has 2 fully saturated rings. The Morgan fingerprint density at radius 2 is 1.95 bits per heavy atom. The molecule has 2 saturated heterocycles. The second kappa shape index (κ2) is 13.8. The number of carbonyl (C=O) groups is 2. The zero-order chi connectivity index (χ0) is 29.8. The smallest absolute Gasteiger partial charge is 0.318 e.